The van der Waals surface area contributed by atoms with Crippen molar-refractivity contribution in [1.82, 2.24) is 4.90 Å². The van der Waals surface area contributed by atoms with E-state index in [0.29, 0.717) is 11.8 Å². The molecule has 0 atom stereocenters. The van der Waals surface area contributed by atoms with Crippen molar-refractivity contribution in [1.29, 1.82) is 0 Å². The summed E-state index contributed by atoms with van der Waals surface area (Å²) in [6.07, 6.45) is 2.19. The first-order valence-electron chi connectivity index (χ1n) is 6.96. The zero-order valence-electron chi connectivity index (χ0n) is 11.3. The molecule has 1 aliphatic heterocycles. The van der Waals surface area contributed by atoms with Gasteiger partial charge in [0.2, 0.25) is 5.91 Å². The van der Waals surface area contributed by atoms with Crippen LogP contribution in [0.5, 0.6) is 5.75 Å². The predicted molar refractivity (Wildman–Crippen MR) is 74.5 cm³/mol. The van der Waals surface area contributed by atoms with Gasteiger partial charge in [0.1, 0.15) is 5.75 Å². The molecule has 1 aromatic rings. The Morgan fingerprint density at radius 1 is 1.11 bits per heavy atom. The number of hydrogen-bond donors (Lipinski definition) is 0. The lowest BCUT2D eigenvalue weighted by Crippen LogP contribution is -2.49. The summed E-state index contributed by atoms with van der Waals surface area (Å²) in [5, 5.41) is 0. The molecule has 0 N–H and O–H groups in total. The minimum atomic E-state index is 0.340. The highest BCUT2D eigenvalue weighted by Crippen LogP contribution is 2.31. The number of ether oxygens (including phenoxy) is 1. The summed E-state index contributed by atoms with van der Waals surface area (Å²) in [5.41, 5.74) is 1.21. The molecule has 0 unspecified atom stereocenters. The molecule has 1 aromatic carbocycles. The Kier molecular flexibility index (Phi) is 3.32. The summed E-state index contributed by atoms with van der Waals surface area (Å²) in [6, 6.07) is 8.13. The summed E-state index contributed by atoms with van der Waals surface area (Å²) < 4.78 is 5.17. The number of nitrogens with zero attached hydrogens (tertiary/aromatic N) is 2. The van der Waals surface area contributed by atoms with E-state index in [4.69, 9.17) is 4.74 Å². The second-order valence-corrected chi connectivity index (χ2v) is 5.28. The first-order valence-corrected chi connectivity index (χ1v) is 6.96. The first-order chi connectivity index (χ1) is 9.28. The molecule has 19 heavy (non-hydrogen) atoms. The number of amides is 1. The van der Waals surface area contributed by atoms with Crippen molar-refractivity contribution >= 4 is 11.6 Å². The van der Waals surface area contributed by atoms with Gasteiger partial charge in [-0.15, -0.1) is 0 Å². The number of piperazine rings is 1. The van der Waals surface area contributed by atoms with Crippen LogP contribution in [0.4, 0.5) is 5.69 Å². The van der Waals surface area contributed by atoms with E-state index in [1.807, 2.05) is 17.0 Å². The van der Waals surface area contributed by atoms with Gasteiger partial charge in [0, 0.05) is 37.8 Å². The van der Waals surface area contributed by atoms with Gasteiger partial charge in [0.05, 0.1) is 7.11 Å². The monoisotopic (exact) mass is 260 g/mol. The highest BCUT2D eigenvalue weighted by molar-refractivity contribution is 5.81. The van der Waals surface area contributed by atoms with Crippen LogP contribution in [0.1, 0.15) is 12.8 Å². The molecule has 1 heterocycles. The molecular weight excluding hydrogens is 240 g/mol. The van der Waals surface area contributed by atoms with Crippen molar-refractivity contribution < 1.29 is 9.53 Å². The van der Waals surface area contributed by atoms with Gasteiger partial charge >= 0.3 is 0 Å². The van der Waals surface area contributed by atoms with Crippen LogP contribution in [0.25, 0.3) is 0 Å². The van der Waals surface area contributed by atoms with Gasteiger partial charge < -0.3 is 14.5 Å². The highest BCUT2D eigenvalue weighted by Gasteiger charge is 2.34. The standard InChI is InChI=1S/C15H20N2O2/c1-19-14-6-4-13(5-7-14)16-8-10-17(11-9-16)15(18)12-2-3-12/h4-7,12H,2-3,8-11H2,1H3. The topological polar surface area (TPSA) is 32.8 Å². The fourth-order valence-electron chi connectivity index (χ4n) is 2.57. The summed E-state index contributed by atoms with van der Waals surface area (Å²) >= 11 is 0. The van der Waals surface area contributed by atoms with Gasteiger partial charge in [-0.05, 0) is 37.1 Å². The van der Waals surface area contributed by atoms with Gasteiger partial charge in [-0.2, -0.15) is 0 Å². The third-order valence-electron chi connectivity index (χ3n) is 3.96. The van der Waals surface area contributed by atoms with Crippen molar-refractivity contribution in [3.05, 3.63) is 24.3 Å². The van der Waals surface area contributed by atoms with Gasteiger partial charge in [-0.25, -0.2) is 0 Å². The van der Waals surface area contributed by atoms with E-state index in [1.54, 1.807) is 7.11 Å². The molecule has 1 aliphatic carbocycles. The zero-order chi connectivity index (χ0) is 13.2. The average molecular weight is 260 g/mol. The molecule has 4 nitrogen and oxygen atoms in total. The number of rotatable bonds is 3. The maximum Gasteiger partial charge on any atom is 0.225 e. The zero-order valence-corrected chi connectivity index (χ0v) is 11.3. The Hall–Kier alpha value is -1.71. The Bertz CT molecular complexity index is 446. The lowest BCUT2D eigenvalue weighted by molar-refractivity contribution is -0.132. The Balaban J connectivity index is 1.58. The molecule has 4 heteroatoms. The number of benzene rings is 1. The van der Waals surface area contributed by atoms with E-state index in [9.17, 15) is 4.79 Å². The third kappa shape index (κ3) is 2.67. The van der Waals surface area contributed by atoms with Crippen molar-refractivity contribution in [3.8, 4) is 5.75 Å². The van der Waals surface area contributed by atoms with E-state index in [2.05, 4.69) is 17.0 Å². The smallest absolute Gasteiger partial charge is 0.225 e. The quantitative estimate of drug-likeness (QED) is 0.830. The molecule has 102 valence electrons. The van der Waals surface area contributed by atoms with Gasteiger partial charge in [0.15, 0.2) is 0 Å². The maximum absolute atomic E-state index is 12.0. The summed E-state index contributed by atoms with van der Waals surface area (Å²) in [7, 11) is 1.68. The summed E-state index contributed by atoms with van der Waals surface area (Å²) in [4.78, 5) is 16.3. The fraction of sp³-hybridized carbons (Fsp3) is 0.533. The predicted octanol–water partition coefficient (Wildman–Crippen LogP) is 1.75. The molecule has 0 spiro atoms. The average Bonchev–Trinajstić information content (AvgIpc) is 3.31. The minimum Gasteiger partial charge on any atom is -0.497 e. The molecule has 1 saturated carbocycles. The molecule has 0 radical (unpaired) electrons. The molecule has 1 amide bonds. The molecule has 2 aliphatic rings. The van der Waals surface area contributed by atoms with E-state index in [1.165, 1.54) is 5.69 Å². The molecule has 3 rings (SSSR count). The van der Waals surface area contributed by atoms with E-state index in [-0.39, 0.29) is 0 Å². The lowest BCUT2D eigenvalue weighted by atomic mass is 10.2. The van der Waals surface area contributed by atoms with Crippen LogP contribution in [-0.2, 0) is 4.79 Å². The number of carbonyl (C=O) groups excluding carboxylic acids is 1. The maximum atomic E-state index is 12.0. The lowest BCUT2D eigenvalue weighted by Gasteiger charge is -2.36. The molecule has 2 fully saturated rings. The van der Waals surface area contributed by atoms with Gasteiger partial charge in [-0.1, -0.05) is 0 Å². The van der Waals surface area contributed by atoms with E-state index < -0.39 is 0 Å². The van der Waals surface area contributed by atoms with Crippen LogP contribution in [0.15, 0.2) is 24.3 Å². The molecule has 0 bridgehead atoms. The molecule has 0 aromatic heterocycles. The normalized spacial score (nSPS) is 19.4. The summed E-state index contributed by atoms with van der Waals surface area (Å²) in [6.45, 7) is 3.54. The Labute approximate surface area is 113 Å². The van der Waals surface area contributed by atoms with Crippen molar-refractivity contribution in [2.75, 3.05) is 38.2 Å². The number of anilines is 1. The van der Waals surface area contributed by atoms with Gasteiger partial charge in [-0.3, -0.25) is 4.79 Å². The van der Waals surface area contributed by atoms with Crippen LogP contribution in [-0.4, -0.2) is 44.1 Å². The van der Waals surface area contributed by atoms with E-state index in [0.717, 1.165) is 44.8 Å². The van der Waals surface area contributed by atoms with Crippen LogP contribution < -0.4 is 9.64 Å². The van der Waals surface area contributed by atoms with Crippen LogP contribution >= 0.6 is 0 Å². The Morgan fingerprint density at radius 2 is 1.74 bits per heavy atom. The summed E-state index contributed by atoms with van der Waals surface area (Å²) in [5.74, 6) is 1.59. The number of hydrogen-bond acceptors (Lipinski definition) is 3. The second-order valence-electron chi connectivity index (χ2n) is 5.28. The van der Waals surface area contributed by atoms with Gasteiger partial charge in [0.25, 0.3) is 0 Å². The molecular formula is C15H20N2O2. The third-order valence-corrected chi connectivity index (χ3v) is 3.96. The minimum absolute atomic E-state index is 0.340. The van der Waals surface area contributed by atoms with Crippen LogP contribution in [0.2, 0.25) is 0 Å². The Morgan fingerprint density at radius 3 is 2.26 bits per heavy atom. The SMILES string of the molecule is COc1ccc(N2CCN(C(=O)C3CC3)CC2)cc1. The van der Waals surface area contributed by atoms with Crippen LogP contribution in [0.3, 0.4) is 0 Å². The van der Waals surface area contributed by atoms with E-state index >= 15 is 0 Å². The number of carbonyl (C=O) groups is 1. The largest absolute Gasteiger partial charge is 0.497 e. The first kappa shape index (κ1) is 12.3. The van der Waals surface area contributed by atoms with Crippen molar-refractivity contribution in [3.63, 3.8) is 0 Å². The second kappa shape index (κ2) is 5.11. The number of methoxy groups -OCH3 is 1. The van der Waals surface area contributed by atoms with Crippen molar-refractivity contribution in [2.45, 2.75) is 12.8 Å². The highest BCUT2D eigenvalue weighted by atomic mass is 16.5. The fourth-order valence-corrected chi connectivity index (χ4v) is 2.57. The van der Waals surface area contributed by atoms with Crippen molar-refractivity contribution in [2.24, 2.45) is 5.92 Å². The molecule has 1 saturated heterocycles. The van der Waals surface area contributed by atoms with Crippen LogP contribution in [0, 0.1) is 5.92 Å².